The molecule has 0 N–H and O–H groups in total. The minimum atomic E-state index is -0.400. The maximum absolute atomic E-state index is 13.1. The number of fused-ring (bicyclic) bond motifs is 1. The minimum absolute atomic E-state index is 0.218. The lowest BCUT2D eigenvalue weighted by Gasteiger charge is -2.52. The van der Waals surface area contributed by atoms with Crippen LogP contribution >= 0.6 is 0 Å². The third kappa shape index (κ3) is 1.47. The Bertz CT molecular complexity index is 511. The number of carbonyl (C=O) groups is 1. The molecular weight excluding hydrogens is 238 g/mol. The lowest BCUT2D eigenvalue weighted by Crippen LogP contribution is -2.68. The number of ketones is 1. The molecule has 5 heterocycles. The highest BCUT2D eigenvalue weighted by molar-refractivity contribution is 5.97. The van der Waals surface area contributed by atoms with Crippen molar-refractivity contribution in [2.45, 2.75) is 12.3 Å². The molecule has 4 bridgehead atoms. The van der Waals surface area contributed by atoms with Gasteiger partial charge in [0.2, 0.25) is 0 Å². The highest BCUT2D eigenvalue weighted by atomic mass is 16.1. The molecule has 4 fully saturated rings. The number of nitrogens with zero attached hydrogens (tertiary/aromatic N) is 3. The van der Waals surface area contributed by atoms with Crippen LogP contribution in [0, 0.1) is 5.41 Å². The van der Waals surface area contributed by atoms with Gasteiger partial charge in [-0.1, -0.05) is 13.0 Å². The molecule has 2 atom stereocenters. The Morgan fingerprint density at radius 3 is 2.37 bits per heavy atom. The number of piperidine rings is 2. The first-order valence-electron chi connectivity index (χ1n) is 7.04. The van der Waals surface area contributed by atoms with Crippen LogP contribution in [0.15, 0.2) is 24.4 Å². The maximum atomic E-state index is 13.1. The normalized spacial score (nSPS) is 44.4. The van der Waals surface area contributed by atoms with Crippen LogP contribution in [0.2, 0.25) is 0 Å². The van der Waals surface area contributed by atoms with Crippen molar-refractivity contribution in [3.63, 3.8) is 0 Å². The van der Waals surface area contributed by atoms with Gasteiger partial charge in [0.1, 0.15) is 0 Å². The van der Waals surface area contributed by atoms with Gasteiger partial charge >= 0.3 is 0 Å². The van der Waals surface area contributed by atoms with Gasteiger partial charge in [-0.2, -0.15) is 0 Å². The van der Waals surface area contributed by atoms with Crippen molar-refractivity contribution in [3.8, 4) is 0 Å². The van der Waals surface area contributed by atoms with E-state index in [0.29, 0.717) is 5.78 Å². The Kier molecular flexibility index (Phi) is 2.22. The van der Waals surface area contributed by atoms with Gasteiger partial charge in [0.25, 0.3) is 0 Å². The van der Waals surface area contributed by atoms with Crippen molar-refractivity contribution in [3.05, 3.63) is 30.1 Å². The van der Waals surface area contributed by atoms with Gasteiger partial charge in [0.15, 0.2) is 5.78 Å². The van der Waals surface area contributed by atoms with E-state index in [1.54, 1.807) is 0 Å². The lowest BCUT2D eigenvalue weighted by atomic mass is 9.62. The van der Waals surface area contributed by atoms with Crippen molar-refractivity contribution in [2.75, 3.05) is 39.3 Å². The fourth-order valence-electron chi connectivity index (χ4n) is 4.35. The van der Waals surface area contributed by atoms with E-state index in [-0.39, 0.29) is 5.41 Å². The summed E-state index contributed by atoms with van der Waals surface area (Å²) >= 11 is 0. The third-order valence-electron chi connectivity index (χ3n) is 5.00. The topological polar surface area (TPSA) is 36.4 Å². The van der Waals surface area contributed by atoms with Gasteiger partial charge in [-0.05, 0) is 12.1 Å². The molecule has 4 aliphatic rings. The summed E-state index contributed by atoms with van der Waals surface area (Å²) in [5.74, 6) is 0.410. The van der Waals surface area contributed by atoms with Crippen molar-refractivity contribution in [1.29, 1.82) is 0 Å². The zero-order chi connectivity index (χ0) is 13.1. The van der Waals surface area contributed by atoms with Crippen molar-refractivity contribution in [2.24, 2.45) is 5.41 Å². The number of hydrogen-bond donors (Lipinski definition) is 0. The first-order valence-corrected chi connectivity index (χ1v) is 7.04. The molecule has 19 heavy (non-hydrogen) atoms. The highest BCUT2D eigenvalue weighted by Crippen LogP contribution is 2.45. The number of rotatable bonds is 1. The standard InChI is InChI=1S/C15H19N3O/c1-14-8-17-6-7-18(9-14)11-15(10-17,13(14)19)12-4-2-3-5-16-12/h2-5H,6-11H2,1H3. The predicted molar refractivity (Wildman–Crippen MR) is 71.9 cm³/mol. The van der Waals surface area contributed by atoms with Crippen LogP contribution in [0.4, 0.5) is 0 Å². The van der Waals surface area contributed by atoms with Gasteiger partial charge in [-0.15, -0.1) is 0 Å². The zero-order valence-corrected chi connectivity index (χ0v) is 11.3. The maximum Gasteiger partial charge on any atom is 0.155 e. The number of aromatic nitrogens is 1. The van der Waals surface area contributed by atoms with Crippen LogP contribution in [0.5, 0.6) is 0 Å². The van der Waals surface area contributed by atoms with Crippen LogP contribution in [-0.4, -0.2) is 59.8 Å². The largest absolute Gasteiger partial charge is 0.300 e. The molecule has 1 aromatic rings. The van der Waals surface area contributed by atoms with Crippen molar-refractivity contribution < 1.29 is 4.79 Å². The van der Waals surface area contributed by atoms with Gasteiger partial charge in [0, 0.05) is 45.5 Å². The molecule has 0 amide bonds. The molecule has 0 aliphatic carbocycles. The fourth-order valence-corrected chi connectivity index (χ4v) is 4.35. The zero-order valence-electron chi connectivity index (χ0n) is 11.3. The molecule has 100 valence electrons. The number of pyridine rings is 1. The van der Waals surface area contributed by atoms with E-state index in [2.05, 4.69) is 21.7 Å². The summed E-state index contributed by atoms with van der Waals surface area (Å²) < 4.78 is 0. The summed E-state index contributed by atoms with van der Waals surface area (Å²) in [4.78, 5) is 22.5. The van der Waals surface area contributed by atoms with Gasteiger partial charge in [0.05, 0.1) is 16.5 Å². The van der Waals surface area contributed by atoms with Gasteiger partial charge < -0.3 is 0 Å². The van der Waals surface area contributed by atoms with E-state index >= 15 is 0 Å². The molecule has 4 aliphatic heterocycles. The SMILES string of the molecule is CC12CN3CCN(C1)CC(c1ccccn1)(C3)C2=O. The Labute approximate surface area is 113 Å². The second-order valence-electron chi connectivity index (χ2n) is 6.61. The van der Waals surface area contributed by atoms with E-state index in [0.717, 1.165) is 45.0 Å². The summed E-state index contributed by atoms with van der Waals surface area (Å²) in [5.41, 5.74) is 0.343. The summed E-state index contributed by atoms with van der Waals surface area (Å²) in [6.45, 7) is 7.81. The highest BCUT2D eigenvalue weighted by Gasteiger charge is 2.60. The van der Waals surface area contributed by atoms with E-state index < -0.39 is 5.41 Å². The Hall–Kier alpha value is -1.26. The summed E-state index contributed by atoms with van der Waals surface area (Å²) in [5, 5.41) is 0. The molecule has 5 rings (SSSR count). The van der Waals surface area contributed by atoms with E-state index in [4.69, 9.17) is 0 Å². The quantitative estimate of drug-likeness (QED) is 0.736. The van der Waals surface area contributed by atoms with Crippen LogP contribution in [0.1, 0.15) is 12.6 Å². The molecule has 4 nitrogen and oxygen atoms in total. The van der Waals surface area contributed by atoms with Crippen LogP contribution < -0.4 is 0 Å². The number of carbonyl (C=O) groups excluding carboxylic acids is 1. The minimum Gasteiger partial charge on any atom is -0.300 e. The first-order chi connectivity index (χ1) is 9.12. The molecule has 0 aromatic carbocycles. The van der Waals surface area contributed by atoms with E-state index in [1.165, 1.54) is 0 Å². The summed E-state index contributed by atoms with van der Waals surface area (Å²) in [6, 6.07) is 5.94. The van der Waals surface area contributed by atoms with Crippen molar-refractivity contribution >= 4 is 5.78 Å². The Morgan fingerprint density at radius 2 is 1.79 bits per heavy atom. The Balaban J connectivity index is 1.89. The van der Waals surface area contributed by atoms with E-state index in [1.807, 2.05) is 24.4 Å². The molecule has 4 heteroatoms. The second-order valence-corrected chi connectivity index (χ2v) is 6.61. The van der Waals surface area contributed by atoms with Gasteiger partial charge in [-0.3, -0.25) is 19.6 Å². The summed E-state index contributed by atoms with van der Waals surface area (Å²) in [6.07, 6.45) is 1.81. The van der Waals surface area contributed by atoms with Crippen LogP contribution in [-0.2, 0) is 10.2 Å². The first kappa shape index (κ1) is 11.6. The number of Topliss-reactive ketones (excluding diaryl/α,β-unsaturated/α-hetero) is 1. The molecule has 0 radical (unpaired) electrons. The Morgan fingerprint density at radius 1 is 1.11 bits per heavy atom. The molecule has 1 aromatic heterocycles. The molecule has 2 unspecified atom stereocenters. The average Bonchev–Trinajstić information content (AvgIpc) is 2.64. The number of hydrogen-bond acceptors (Lipinski definition) is 4. The molecular formula is C15H19N3O. The van der Waals surface area contributed by atoms with Crippen LogP contribution in [0.25, 0.3) is 0 Å². The summed E-state index contributed by atoms with van der Waals surface area (Å²) in [7, 11) is 0. The molecule has 0 saturated carbocycles. The fraction of sp³-hybridized carbons (Fsp3) is 0.600. The monoisotopic (exact) mass is 257 g/mol. The molecule has 0 spiro atoms. The third-order valence-corrected chi connectivity index (χ3v) is 5.00. The average molecular weight is 257 g/mol. The van der Waals surface area contributed by atoms with Crippen molar-refractivity contribution in [1.82, 2.24) is 14.8 Å². The van der Waals surface area contributed by atoms with Crippen LogP contribution in [0.3, 0.4) is 0 Å². The van der Waals surface area contributed by atoms with Gasteiger partial charge in [-0.25, -0.2) is 0 Å². The van der Waals surface area contributed by atoms with E-state index in [9.17, 15) is 4.79 Å². The smallest absolute Gasteiger partial charge is 0.155 e. The predicted octanol–water partition coefficient (Wildman–Crippen LogP) is 0.540. The molecule has 4 saturated heterocycles. The lowest BCUT2D eigenvalue weighted by molar-refractivity contribution is -0.146. The second kappa shape index (κ2) is 3.64.